The van der Waals surface area contributed by atoms with Crippen molar-refractivity contribution in [2.45, 2.75) is 13.8 Å². The molecule has 0 saturated carbocycles. The number of Topliss-reactive ketones (excluding diaryl/α,β-unsaturated/α-hetero) is 1. The molecule has 19 heavy (non-hydrogen) atoms. The number of carbonyl (C=O) groups is 1. The molecule has 4 heteroatoms. The number of rotatable bonds is 8. The lowest BCUT2D eigenvalue weighted by Crippen LogP contribution is -2.35. The third kappa shape index (κ3) is 6.32. The molecule has 3 nitrogen and oxygen atoms in total. The Morgan fingerprint density at radius 3 is 2.74 bits per heavy atom. The molecule has 1 rings (SSSR count). The molecule has 0 fully saturated rings. The molecule has 1 aromatic rings. The van der Waals surface area contributed by atoms with Crippen LogP contribution in [0.15, 0.2) is 28.7 Å². The van der Waals surface area contributed by atoms with Crippen LogP contribution in [0.25, 0.3) is 0 Å². The molecular weight excluding hydrogens is 306 g/mol. The first-order valence-corrected chi connectivity index (χ1v) is 7.32. The van der Waals surface area contributed by atoms with E-state index in [9.17, 15) is 4.79 Å². The van der Waals surface area contributed by atoms with Gasteiger partial charge in [0.05, 0.1) is 13.2 Å². The Balaban J connectivity index is 2.64. The zero-order chi connectivity index (χ0) is 14.3. The van der Waals surface area contributed by atoms with Crippen molar-refractivity contribution in [3.63, 3.8) is 0 Å². The van der Waals surface area contributed by atoms with Gasteiger partial charge in [0.15, 0.2) is 5.78 Å². The minimum atomic E-state index is 0.151. The summed E-state index contributed by atoms with van der Waals surface area (Å²) in [6.45, 7) is 7.10. The Labute approximate surface area is 124 Å². The van der Waals surface area contributed by atoms with Crippen molar-refractivity contribution >= 4 is 21.7 Å². The first-order chi connectivity index (χ1) is 9.02. The van der Waals surface area contributed by atoms with Gasteiger partial charge in [0.25, 0.3) is 0 Å². The molecule has 0 aliphatic heterocycles. The van der Waals surface area contributed by atoms with Crippen LogP contribution >= 0.6 is 15.9 Å². The fourth-order valence-electron chi connectivity index (χ4n) is 1.93. The van der Waals surface area contributed by atoms with Crippen LogP contribution in [0.5, 0.6) is 0 Å². The number of ketones is 1. The summed E-state index contributed by atoms with van der Waals surface area (Å²) in [4.78, 5) is 14.4. The van der Waals surface area contributed by atoms with Crippen molar-refractivity contribution in [1.82, 2.24) is 4.90 Å². The summed E-state index contributed by atoms with van der Waals surface area (Å²) >= 11 is 3.39. The van der Waals surface area contributed by atoms with Crippen LogP contribution in [0, 0.1) is 5.92 Å². The minimum absolute atomic E-state index is 0.151. The van der Waals surface area contributed by atoms with Crippen LogP contribution in [0.4, 0.5) is 0 Å². The first-order valence-electron chi connectivity index (χ1n) is 6.53. The predicted molar refractivity (Wildman–Crippen MR) is 81.6 cm³/mol. The van der Waals surface area contributed by atoms with Crippen molar-refractivity contribution in [3.05, 3.63) is 34.3 Å². The van der Waals surface area contributed by atoms with Gasteiger partial charge in [-0.25, -0.2) is 0 Å². The van der Waals surface area contributed by atoms with Gasteiger partial charge in [-0.05, 0) is 18.1 Å². The van der Waals surface area contributed by atoms with Crippen LogP contribution in [0.2, 0.25) is 0 Å². The summed E-state index contributed by atoms with van der Waals surface area (Å²) < 4.78 is 6.04. The van der Waals surface area contributed by atoms with Gasteiger partial charge < -0.3 is 4.74 Å². The molecule has 0 aromatic heterocycles. The SMILES string of the molecule is COCCN(CC(=O)c1cccc(Br)c1)CC(C)C. The topological polar surface area (TPSA) is 29.5 Å². The molecule has 106 valence electrons. The van der Waals surface area contributed by atoms with E-state index in [1.807, 2.05) is 24.3 Å². The Bertz CT molecular complexity index is 407. The van der Waals surface area contributed by atoms with E-state index in [4.69, 9.17) is 4.74 Å². The number of methoxy groups -OCH3 is 1. The molecule has 0 unspecified atom stereocenters. The standard InChI is InChI=1S/C15H22BrNO2/c1-12(2)10-17(7-8-19-3)11-15(18)13-5-4-6-14(16)9-13/h4-6,9,12H,7-8,10-11H2,1-3H3. The van der Waals surface area contributed by atoms with Gasteiger partial charge in [-0.2, -0.15) is 0 Å². The van der Waals surface area contributed by atoms with E-state index in [-0.39, 0.29) is 5.78 Å². The van der Waals surface area contributed by atoms with Crippen molar-refractivity contribution in [2.75, 3.05) is 33.4 Å². The average molecular weight is 328 g/mol. The van der Waals surface area contributed by atoms with Gasteiger partial charge in [0, 0.05) is 30.2 Å². The quantitative estimate of drug-likeness (QED) is 0.686. The second-order valence-electron chi connectivity index (χ2n) is 5.06. The number of carbonyl (C=O) groups excluding carboxylic acids is 1. The van der Waals surface area contributed by atoms with Gasteiger partial charge in [-0.1, -0.05) is 41.9 Å². The van der Waals surface area contributed by atoms with Gasteiger partial charge >= 0.3 is 0 Å². The van der Waals surface area contributed by atoms with E-state index < -0.39 is 0 Å². The van der Waals surface area contributed by atoms with E-state index >= 15 is 0 Å². The summed E-state index contributed by atoms with van der Waals surface area (Å²) in [5, 5.41) is 0. The summed E-state index contributed by atoms with van der Waals surface area (Å²) in [5.41, 5.74) is 0.751. The lowest BCUT2D eigenvalue weighted by Gasteiger charge is -2.23. The smallest absolute Gasteiger partial charge is 0.176 e. The maximum atomic E-state index is 12.2. The lowest BCUT2D eigenvalue weighted by molar-refractivity contribution is 0.0881. The minimum Gasteiger partial charge on any atom is -0.383 e. The second kappa shape index (κ2) is 8.46. The third-order valence-corrected chi connectivity index (χ3v) is 3.24. The first kappa shape index (κ1) is 16.3. The van der Waals surface area contributed by atoms with Crippen LogP contribution in [0.1, 0.15) is 24.2 Å². The highest BCUT2D eigenvalue weighted by Gasteiger charge is 2.13. The number of benzene rings is 1. The zero-order valence-electron chi connectivity index (χ0n) is 11.9. The highest BCUT2D eigenvalue weighted by molar-refractivity contribution is 9.10. The van der Waals surface area contributed by atoms with Gasteiger partial charge in [0.2, 0.25) is 0 Å². The number of hydrogen-bond donors (Lipinski definition) is 0. The molecule has 0 aliphatic rings. The number of nitrogens with zero attached hydrogens (tertiary/aromatic N) is 1. The Morgan fingerprint density at radius 1 is 1.42 bits per heavy atom. The Morgan fingerprint density at radius 2 is 2.16 bits per heavy atom. The van der Waals surface area contributed by atoms with E-state index in [2.05, 4.69) is 34.7 Å². The molecule has 0 heterocycles. The fraction of sp³-hybridized carbons (Fsp3) is 0.533. The predicted octanol–water partition coefficient (Wildman–Crippen LogP) is 3.24. The monoisotopic (exact) mass is 327 g/mol. The maximum Gasteiger partial charge on any atom is 0.176 e. The normalized spacial score (nSPS) is 11.3. The number of halogens is 1. The van der Waals surface area contributed by atoms with E-state index in [1.165, 1.54) is 0 Å². The molecule has 0 saturated heterocycles. The Kier molecular flexibility index (Phi) is 7.28. The van der Waals surface area contributed by atoms with Crippen molar-refractivity contribution in [2.24, 2.45) is 5.92 Å². The van der Waals surface area contributed by atoms with E-state index in [0.29, 0.717) is 19.1 Å². The van der Waals surface area contributed by atoms with Gasteiger partial charge in [0.1, 0.15) is 0 Å². The summed E-state index contributed by atoms with van der Waals surface area (Å²) in [6.07, 6.45) is 0. The number of hydrogen-bond acceptors (Lipinski definition) is 3. The third-order valence-electron chi connectivity index (χ3n) is 2.75. The van der Waals surface area contributed by atoms with E-state index in [1.54, 1.807) is 7.11 Å². The molecule has 0 bridgehead atoms. The van der Waals surface area contributed by atoms with Gasteiger partial charge in [-0.3, -0.25) is 9.69 Å². The molecule has 0 amide bonds. The van der Waals surface area contributed by atoms with E-state index in [0.717, 1.165) is 23.1 Å². The lowest BCUT2D eigenvalue weighted by atomic mass is 10.1. The molecular formula is C15H22BrNO2. The summed E-state index contributed by atoms with van der Waals surface area (Å²) in [6, 6.07) is 7.54. The van der Waals surface area contributed by atoms with Crippen LogP contribution < -0.4 is 0 Å². The molecule has 0 atom stereocenters. The summed E-state index contributed by atoms with van der Waals surface area (Å²) in [5.74, 6) is 0.685. The largest absolute Gasteiger partial charge is 0.383 e. The second-order valence-corrected chi connectivity index (χ2v) is 5.97. The highest BCUT2D eigenvalue weighted by atomic mass is 79.9. The maximum absolute atomic E-state index is 12.2. The molecule has 0 radical (unpaired) electrons. The van der Waals surface area contributed by atoms with Crippen molar-refractivity contribution < 1.29 is 9.53 Å². The van der Waals surface area contributed by atoms with Crippen LogP contribution in [-0.4, -0.2) is 44.0 Å². The van der Waals surface area contributed by atoms with Crippen LogP contribution in [-0.2, 0) is 4.74 Å². The fourth-order valence-corrected chi connectivity index (χ4v) is 2.33. The molecule has 0 aliphatic carbocycles. The average Bonchev–Trinajstić information content (AvgIpc) is 2.35. The Hall–Kier alpha value is -0.710. The van der Waals surface area contributed by atoms with Crippen molar-refractivity contribution in [1.29, 1.82) is 0 Å². The summed E-state index contributed by atoms with van der Waals surface area (Å²) in [7, 11) is 1.68. The molecule has 0 spiro atoms. The molecule has 0 N–H and O–H groups in total. The van der Waals surface area contributed by atoms with Crippen molar-refractivity contribution in [3.8, 4) is 0 Å². The van der Waals surface area contributed by atoms with Gasteiger partial charge in [-0.15, -0.1) is 0 Å². The molecule has 1 aromatic carbocycles. The number of ether oxygens (including phenoxy) is 1. The highest BCUT2D eigenvalue weighted by Crippen LogP contribution is 2.13. The van der Waals surface area contributed by atoms with Crippen LogP contribution in [0.3, 0.4) is 0 Å². The zero-order valence-corrected chi connectivity index (χ0v) is 13.4.